The van der Waals surface area contributed by atoms with Crippen LogP contribution >= 0.6 is 15.6 Å². The fourth-order valence-electron chi connectivity index (χ4n) is 13.0. The fourth-order valence-corrected chi connectivity index (χ4v) is 14.6. The van der Waals surface area contributed by atoms with Crippen LogP contribution in [0.4, 0.5) is 0 Å². The zero-order chi connectivity index (χ0) is 75.6. The van der Waals surface area contributed by atoms with Gasteiger partial charge in [-0.3, -0.25) is 37.3 Å². The third-order valence-electron chi connectivity index (χ3n) is 20.4. The molecule has 3 N–H and O–H groups in total. The number of ether oxygens (including phenoxy) is 4. The molecule has 17 nitrogen and oxygen atoms in total. The summed E-state index contributed by atoms with van der Waals surface area (Å²) in [6, 6.07) is 0. The predicted octanol–water partition coefficient (Wildman–Crippen LogP) is 25.5. The van der Waals surface area contributed by atoms with Crippen molar-refractivity contribution in [3.05, 3.63) is 0 Å². The number of hydrogen-bond acceptors (Lipinski definition) is 15. The summed E-state index contributed by atoms with van der Waals surface area (Å²) in [5.41, 5.74) is 0. The lowest BCUT2D eigenvalue weighted by molar-refractivity contribution is -0.161. The molecular formula is C84H164O17P2. The van der Waals surface area contributed by atoms with Crippen molar-refractivity contribution in [1.29, 1.82) is 0 Å². The summed E-state index contributed by atoms with van der Waals surface area (Å²) in [4.78, 5) is 73.2. The van der Waals surface area contributed by atoms with Gasteiger partial charge in [-0.05, 0) is 37.5 Å². The van der Waals surface area contributed by atoms with Gasteiger partial charge in [0, 0.05) is 25.7 Å². The van der Waals surface area contributed by atoms with Gasteiger partial charge in [0.05, 0.1) is 26.4 Å². The van der Waals surface area contributed by atoms with Crippen molar-refractivity contribution in [1.82, 2.24) is 0 Å². The number of esters is 4. The predicted molar refractivity (Wildman–Crippen MR) is 423 cm³/mol. The number of carbonyl (C=O) groups is 4. The molecule has 7 atom stereocenters. The van der Waals surface area contributed by atoms with Crippen LogP contribution in [0.1, 0.15) is 446 Å². The van der Waals surface area contributed by atoms with Crippen molar-refractivity contribution < 1.29 is 80.2 Å². The van der Waals surface area contributed by atoms with E-state index in [4.69, 9.17) is 37.0 Å². The van der Waals surface area contributed by atoms with Crippen LogP contribution in [0.25, 0.3) is 0 Å². The minimum absolute atomic E-state index is 0.106. The van der Waals surface area contributed by atoms with Crippen LogP contribution in [0.2, 0.25) is 0 Å². The quantitative estimate of drug-likeness (QED) is 0.0222. The molecule has 0 bridgehead atoms. The molecule has 0 radical (unpaired) electrons. The van der Waals surface area contributed by atoms with Gasteiger partial charge in [0.1, 0.15) is 19.3 Å². The third kappa shape index (κ3) is 75.3. The van der Waals surface area contributed by atoms with E-state index in [-0.39, 0.29) is 25.7 Å². The van der Waals surface area contributed by atoms with E-state index in [2.05, 4.69) is 41.5 Å². The Hall–Kier alpha value is -1.94. The first-order valence-electron chi connectivity index (χ1n) is 43.6. The zero-order valence-corrected chi connectivity index (χ0v) is 69.4. The van der Waals surface area contributed by atoms with E-state index in [1.54, 1.807) is 0 Å². The molecule has 4 unspecified atom stereocenters. The summed E-state index contributed by atoms with van der Waals surface area (Å²) < 4.78 is 68.8. The topological polar surface area (TPSA) is 237 Å². The van der Waals surface area contributed by atoms with Crippen molar-refractivity contribution in [3.63, 3.8) is 0 Å². The maximum Gasteiger partial charge on any atom is 0.472 e. The SMILES string of the molecule is CCCCCCCCCCCCCCCCCCCCCCCCC(=O)O[C@H](COC(=O)CCCCCCCCCCCCCCCCC)COP(=O)(O)OC[C@@H](O)COP(=O)(O)OC[C@@H](COC(=O)CCCCCCCCCCC(C)CC)OC(=O)CCCCCCCCCCCCC(C)CC. The summed E-state index contributed by atoms with van der Waals surface area (Å²) >= 11 is 0. The van der Waals surface area contributed by atoms with Crippen molar-refractivity contribution >= 4 is 39.5 Å². The highest BCUT2D eigenvalue weighted by atomic mass is 31.2. The van der Waals surface area contributed by atoms with Gasteiger partial charge < -0.3 is 33.8 Å². The standard InChI is InChI=1S/C84H164O17P2/c1-7-11-13-15-17-19-21-23-25-26-27-28-29-30-31-33-35-37-42-50-56-62-68-83(88)100-79(72-94-81(86)66-60-54-48-41-36-34-32-24-22-20-18-16-14-12-8-2)74-98-102(90,91)96-70-78(85)71-97-103(92,93)99-75-80(73-95-82(87)67-61-55-49-45-44-47-53-59-65-77(6)10-4)101-84(89)69-63-57-51-43-39-38-40-46-52-58-64-76(5)9-3/h76-80,85H,7-75H2,1-6H3,(H,90,91)(H,92,93)/t76?,77?,78-,79-,80-/m1/s1. The van der Waals surface area contributed by atoms with Crippen molar-refractivity contribution in [3.8, 4) is 0 Å². The average Bonchev–Trinajstić information content (AvgIpc) is 1.09. The van der Waals surface area contributed by atoms with Crippen LogP contribution in [0, 0.1) is 11.8 Å². The van der Waals surface area contributed by atoms with Crippen molar-refractivity contribution in [2.24, 2.45) is 11.8 Å². The first kappa shape index (κ1) is 101. The lowest BCUT2D eigenvalue weighted by Crippen LogP contribution is -2.30. The number of carbonyl (C=O) groups excluding carboxylic acids is 4. The lowest BCUT2D eigenvalue weighted by Gasteiger charge is -2.21. The Morgan fingerprint density at radius 1 is 0.272 bits per heavy atom. The van der Waals surface area contributed by atoms with E-state index < -0.39 is 97.5 Å². The molecule has 0 saturated carbocycles. The Kier molecular flexibility index (Phi) is 74.1. The molecule has 0 aromatic heterocycles. The largest absolute Gasteiger partial charge is 0.472 e. The number of aliphatic hydroxyl groups is 1. The molecule has 0 aliphatic heterocycles. The highest BCUT2D eigenvalue weighted by molar-refractivity contribution is 7.47. The number of rotatable bonds is 83. The molecule has 0 amide bonds. The fraction of sp³-hybridized carbons (Fsp3) is 0.952. The van der Waals surface area contributed by atoms with Gasteiger partial charge in [0.15, 0.2) is 12.2 Å². The molecule has 0 aliphatic carbocycles. The van der Waals surface area contributed by atoms with Crippen molar-refractivity contribution in [2.45, 2.75) is 464 Å². The van der Waals surface area contributed by atoms with Crippen LogP contribution in [0.15, 0.2) is 0 Å². The second kappa shape index (κ2) is 75.5. The highest BCUT2D eigenvalue weighted by Crippen LogP contribution is 2.45. The monoisotopic (exact) mass is 1510 g/mol. The van der Waals surface area contributed by atoms with Gasteiger partial charge in [-0.2, -0.15) is 0 Å². The van der Waals surface area contributed by atoms with Crippen LogP contribution < -0.4 is 0 Å². The summed E-state index contributed by atoms with van der Waals surface area (Å²) in [6.45, 7) is 9.68. The lowest BCUT2D eigenvalue weighted by atomic mass is 9.99. The number of phosphoric ester groups is 2. The van der Waals surface area contributed by atoms with Gasteiger partial charge in [0.2, 0.25) is 0 Å². The normalized spacial score (nSPS) is 14.4. The van der Waals surface area contributed by atoms with E-state index in [1.165, 1.54) is 263 Å². The number of hydrogen-bond donors (Lipinski definition) is 3. The maximum absolute atomic E-state index is 13.1. The number of aliphatic hydroxyl groups excluding tert-OH is 1. The van der Waals surface area contributed by atoms with Crippen molar-refractivity contribution in [2.75, 3.05) is 39.6 Å². The van der Waals surface area contributed by atoms with Crippen LogP contribution in [0.3, 0.4) is 0 Å². The van der Waals surface area contributed by atoms with E-state index in [0.29, 0.717) is 25.7 Å². The van der Waals surface area contributed by atoms with E-state index >= 15 is 0 Å². The molecule has 0 heterocycles. The van der Waals surface area contributed by atoms with Gasteiger partial charge in [-0.1, -0.05) is 395 Å². The van der Waals surface area contributed by atoms with Gasteiger partial charge in [-0.15, -0.1) is 0 Å². The molecule has 19 heteroatoms. The minimum Gasteiger partial charge on any atom is -0.462 e. The van der Waals surface area contributed by atoms with Gasteiger partial charge in [0.25, 0.3) is 0 Å². The molecule has 103 heavy (non-hydrogen) atoms. The van der Waals surface area contributed by atoms with Gasteiger partial charge >= 0.3 is 39.5 Å². The molecule has 0 aromatic carbocycles. The van der Waals surface area contributed by atoms with E-state index in [1.807, 2.05) is 0 Å². The number of phosphoric acid groups is 2. The van der Waals surface area contributed by atoms with E-state index in [9.17, 15) is 43.2 Å². The van der Waals surface area contributed by atoms with Crippen LogP contribution in [-0.4, -0.2) is 96.7 Å². The average molecular weight is 1510 g/mol. The first-order valence-corrected chi connectivity index (χ1v) is 46.6. The second-order valence-electron chi connectivity index (χ2n) is 30.7. The maximum atomic E-state index is 13.1. The summed E-state index contributed by atoms with van der Waals surface area (Å²) in [6.07, 6.45) is 66.6. The Labute approximate surface area is 632 Å². The first-order chi connectivity index (χ1) is 49.9. The Morgan fingerprint density at radius 2 is 0.466 bits per heavy atom. The number of unbranched alkanes of at least 4 members (excludes halogenated alkanes) is 51. The third-order valence-corrected chi connectivity index (χ3v) is 22.3. The molecule has 0 saturated heterocycles. The second-order valence-corrected chi connectivity index (χ2v) is 33.6. The molecule has 612 valence electrons. The molecular weight excluding hydrogens is 1340 g/mol. The molecule has 0 spiro atoms. The zero-order valence-electron chi connectivity index (χ0n) is 67.6. The summed E-state index contributed by atoms with van der Waals surface area (Å²) in [5.74, 6) is -0.525. The molecule has 0 aliphatic rings. The smallest absolute Gasteiger partial charge is 0.462 e. The van der Waals surface area contributed by atoms with E-state index in [0.717, 1.165) is 102 Å². The Morgan fingerprint density at radius 3 is 0.689 bits per heavy atom. The van der Waals surface area contributed by atoms with Crippen LogP contribution in [-0.2, 0) is 65.4 Å². The summed E-state index contributed by atoms with van der Waals surface area (Å²) in [7, 11) is -9.93. The Bertz CT molecular complexity index is 1980. The highest BCUT2D eigenvalue weighted by Gasteiger charge is 2.30. The summed E-state index contributed by atoms with van der Waals surface area (Å²) in [5, 5.41) is 10.7. The van der Waals surface area contributed by atoms with Crippen LogP contribution in [0.5, 0.6) is 0 Å². The molecule has 0 rings (SSSR count). The minimum atomic E-state index is -4.96. The molecule has 0 aromatic rings. The Balaban J connectivity index is 5.24. The molecule has 0 fully saturated rings. The van der Waals surface area contributed by atoms with Gasteiger partial charge in [-0.25, -0.2) is 9.13 Å².